The summed E-state index contributed by atoms with van der Waals surface area (Å²) in [4.78, 5) is 13.6. The first-order valence-corrected chi connectivity index (χ1v) is 39.1. The second-order valence-electron chi connectivity index (χ2n) is 28.9. The van der Waals surface area contributed by atoms with Gasteiger partial charge in [0, 0.05) is 106 Å². The Kier molecular flexibility index (Phi) is 22.5. The Bertz CT molecular complexity index is 6230. The Labute approximate surface area is 676 Å². The quantitative estimate of drug-likeness (QED) is 0.0797. The molecule has 0 aromatic heterocycles. The lowest BCUT2D eigenvalue weighted by atomic mass is 10.0. The van der Waals surface area contributed by atoms with Crippen LogP contribution < -0.4 is 34.1 Å². The van der Waals surface area contributed by atoms with Crippen LogP contribution in [0.4, 0.5) is 85.3 Å². The highest BCUT2D eigenvalue weighted by atomic mass is 16.5. The molecule has 18 aromatic rings. The number of nitrogens with zero attached hydrogens (tertiary/aromatic N) is 6. The number of benzene rings is 18. The number of fused-ring (bicyclic) bond motifs is 3. The van der Waals surface area contributed by atoms with Crippen LogP contribution in [0.5, 0.6) is 5.75 Å². The Balaban J connectivity index is 0.000000130. The van der Waals surface area contributed by atoms with Crippen LogP contribution in [-0.4, -0.2) is 28.3 Å². The largest absolute Gasteiger partial charge is 0.497 e. The molecule has 115 heavy (non-hydrogen) atoms. The molecule has 7 heteroatoms. The lowest BCUT2D eigenvalue weighted by Gasteiger charge is -2.27. The van der Waals surface area contributed by atoms with Crippen LogP contribution in [0.3, 0.4) is 0 Å². The van der Waals surface area contributed by atoms with Gasteiger partial charge in [0.2, 0.25) is 0 Å². The predicted octanol–water partition coefficient (Wildman–Crippen LogP) is 29.9. The Morgan fingerprint density at radius 3 is 0.696 bits per heavy atom. The van der Waals surface area contributed by atoms with E-state index in [-0.39, 0.29) is 0 Å². The van der Waals surface area contributed by atoms with Gasteiger partial charge in [0.15, 0.2) is 0 Å². The third-order valence-electron chi connectivity index (χ3n) is 21.4. The monoisotopic (exact) mass is 1490 g/mol. The molecule has 0 saturated heterocycles. The van der Waals surface area contributed by atoms with Crippen molar-refractivity contribution in [1.29, 1.82) is 0 Å². The molecule has 18 rings (SSSR count). The van der Waals surface area contributed by atoms with E-state index in [0.29, 0.717) is 0 Å². The highest BCUT2D eigenvalue weighted by Crippen LogP contribution is 2.43. The van der Waals surface area contributed by atoms with Gasteiger partial charge in [-0.3, -0.25) is 0 Å². The van der Waals surface area contributed by atoms with E-state index < -0.39 is 0 Å². The van der Waals surface area contributed by atoms with Crippen LogP contribution >= 0.6 is 0 Å². The third-order valence-corrected chi connectivity index (χ3v) is 21.4. The number of anilines is 15. The van der Waals surface area contributed by atoms with E-state index in [1.54, 1.807) is 7.11 Å². The zero-order chi connectivity index (χ0) is 78.4. The van der Waals surface area contributed by atoms with E-state index in [2.05, 4.69) is 489 Å². The standard InChI is InChI=1S/C36H30N2O.2C36H30N2/c1-37(32-22-24-36(39-2)25-23-32)31-18-20-34(21-19-31)38(35-17-14-28-10-6-7-11-30(28)26-35)33-15-12-29(13-16-33)27-8-4-3-5-9-27;1-27-9-8-14-35(25-27)37(2)32-21-23-34(24-22-32)38(36-20-17-29-12-6-7-13-31(29)26-36)33-18-15-30(16-19-33)28-10-4-3-5-11-28;1-27-12-17-32(18-13-27)37(2)33-22-24-35(25-23-33)38(36-21-16-29-10-6-7-11-31(29)26-36)34-19-14-30(15-20-34)28-8-4-3-5-9-28/h3-26H,1-2H3;2*3-26H,1-2H3. The van der Waals surface area contributed by atoms with Crippen molar-refractivity contribution in [2.24, 2.45) is 0 Å². The van der Waals surface area contributed by atoms with Crippen LogP contribution in [0.15, 0.2) is 437 Å². The highest BCUT2D eigenvalue weighted by Gasteiger charge is 2.20. The second kappa shape index (κ2) is 34.7. The van der Waals surface area contributed by atoms with E-state index >= 15 is 0 Å². The fourth-order valence-corrected chi connectivity index (χ4v) is 14.9. The van der Waals surface area contributed by atoms with Gasteiger partial charge in [-0.25, -0.2) is 0 Å². The molecule has 18 aromatic carbocycles. The predicted molar refractivity (Wildman–Crippen MR) is 492 cm³/mol. The fourth-order valence-electron chi connectivity index (χ4n) is 14.9. The summed E-state index contributed by atoms with van der Waals surface area (Å²) in [6.07, 6.45) is 0. The second-order valence-corrected chi connectivity index (χ2v) is 28.9. The number of methoxy groups -OCH3 is 1. The van der Waals surface area contributed by atoms with Crippen molar-refractivity contribution < 1.29 is 4.74 Å². The summed E-state index contributed by atoms with van der Waals surface area (Å²) in [6, 6.07) is 155. The number of ether oxygens (including phenoxy) is 1. The molecule has 0 amide bonds. The highest BCUT2D eigenvalue weighted by molar-refractivity contribution is 5.93. The Hall–Kier alpha value is -14.7. The molecule has 0 aliphatic carbocycles. The molecule has 0 aliphatic heterocycles. The van der Waals surface area contributed by atoms with Gasteiger partial charge in [0.25, 0.3) is 0 Å². The van der Waals surface area contributed by atoms with E-state index in [4.69, 9.17) is 4.74 Å². The molecule has 0 heterocycles. The van der Waals surface area contributed by atoms with E-state index in [9.17, 15) is 0 Å². The van der Waals surface area contributed by atoms with Crippen molar-refractivity contribution in [2.45, 2.75) is 13.8 Å². The van der Waals surface area contributed by atoms with Gasteiger partial charge in [-0.05, 0) is 279 Å². The lowest BCUT2D eigenvalue weighted by Crippen LogP contribution is -2.12. The van der Waals surface area contributed by atoms with Gasteiger partial charge in [0.05, 0.1) is 7.11 Å². The zero-order valence-corrected chi connectivity index (χ0v) is 65.7. The third kappa shape index (κ3) is 17.3. The Morgan fingerprint density at radius 2 is 0.400 bits per heavy atom. The average molecular weight is 1490 g/mol. The maximum atomic E-state index is 5.32. The summed E-state index contributed by atoms with van der Waals surface area (Å²) in [5, 5.41) is 7.39. The van der Waals surface area contributed by atoms with Crippen molar-refractivity contribution in [3.05, 3.63) is 448 Å². The molecular formula is C108H90N6O. The van der Waals surface area contributed by atoms with Crippen molar-refractivity contribution in [3.8, 4) is 39.1 Å². The van der Waals surface area contributed by atoms with Gasteiger partial charge in [0.1, 0.15) is 5.75 Å². The molecule has 0 atom stereocenters. The summed E-state index contributed by atoms with van der Waals surface area (Å²) in [5.41, 5.74) is 26.8. The fraction of sp³-hybridized carbons (Fsp3) is 0.0556. The van der Waals surface area contributed by atoms with Crippen molar-refractivity contribution >= 4 is 118 Å². The topological polar surface area (TPSA) is 28.7 Å². The summed E-state index contributed by atoms with van der Waals surface area (Å²) in [7, 11) is 8.00. The van der Waals surface area contributed by atoms with Crippen molar-refractivity contribution in [1.82, 2.24) is 0 Å². The summed E-state index contributed by atoms with van der Waals surface area (Å²) < 4.78 is 5.32. The summed E-state index contributed by atoms with van der Waals surface area (Å²) in [6.45, 7) is 4.25. The van der Waals surface area contributed by atoms with Crippen molar-refractivity contribution in [3.63, 3.8) is 0 Å². The van der Waals surface area contributed by atoms with Crippen molar-refractivity contribution in [2.75, 3.05) is 57.7 Å². The average Bonchev–Trinajstić information content (AvgIpc) is 0.793. The van der Waals surface area contributed by atoms with Gasteiger partial charge in [-0.15, -0.1) is 0 Å². The Morgan fingerprint density at radius 1 is 0.165 bits per heavy atom. The maximum absolute atomic E-state index is 5.32. The lowest BCUT2D eigenvalue weighted by molar-refractivity contribution is 0.415. The minimum absolute atomic E-state index is 0.854. The number of aryl methyl sites for hydroxylation is 2. The molecule has 0 unspecified atom stereocenters. The van der Waals surface area contributed by atoms with Gasteiger partial charge in [-0.2, -0.15) is 0 Å². The molecule has 0 spiro atoms. The minimum atomic E-state index is 0.854. The summed E-state index contributed by atoms with van der Waals surface area (Å²) >= 11 is 0. The zero-order valence-electron chi connectivity index (χ0n) is 65.7. The molecular weight excluding hydrogens is 1400 g/mol. The van der Waals surface area contributed by atoms with E-state index in [0.717, 1.165) is 79.7 Å². The normalized spacial score (nSPS) is 10.9. The molecule has 0 saturated carbocycles. The van der Waals surface area contributed by atoms with Crippen LogP contribution in [0.1, 0.15) is 11.1 Å². The molecule has 0 radical (unpaired) electrons. The molecule has 0 bridgehead atoms. The van der Waals surface area contributed by atoms with Crippen LogP contribution in [-0.2, 0) is 0 Å². The van der Waals surface area contributed by atoms with Gasteiger partial charge in [-0.1, -0.05) is 248 Å². The summed E-state index contributed by atoms with van der Waals surface area (Å²) in [5.74, 6) is 0.854. The van der Waals surface area contributed by atoms with Gasteiger partial charge >= 0.3 is 0 Å². The number of hydrogen-bond acceptors (Lipinski definition) is 7. The van der Waals surface area contributed by atoms with Gasteiger partial charge < -0.3 is 34.1 Å². The smallest absolute Gasteiger partial charge is 0.119 e. The molecule has 0 N–H and O–H groups in total. The van der Waals surface area contributed by atoms with Crippen LogP contribution in [0.25, 0.3) is 65.7 Å². The molecule has 558 valence electrons. The maximum Gasteiger partial charge on any atom is 0.119 e. The first-order chi connectivity index (χ1) is 56.5. The number of hydrogen-bond donors (Lipinski definition) is 0. The minimum Gasteiger partial charge on any atom is -0.497 e. The van der Waals surface area contributed by atoms with E-state index in [1.165, 1.54) is 88.2 Å². The SMILES string of the molecule is COc1ccc(N(C)c2ccc(N(c3ccc(-c4ccccc4)cc3)c3ccc4ccccc4c3)cc2)cc1.Cc1ccc(N(C)c2ccc(N(c3ccc(-c4ccccc4)cc3)c3ccc4ccccc4c3)cc2)cc1.Cc1cccc(N(C)c2ccc(N(c3ccc(-c4ccccc4)cc3)c3ccc4ccccc4c3)cc2)c1. The van der Waals surface area contributed by atoms with Crippen LogP contribution in [0.2, 0.25) is 0 Å². The van der Waals surface area contributed by atoms with E-state index in [1.807, 2.05) is 12.1 Å². The first-order valence-electron chi connectivity index (χ1n) is 39.1. The molecule has 7 nitrogen and oxygen atoms in total. The molecule has 0 aliphatic rings. The first kappa shape index (κ1) is 74.4. The van der Waals surface area contributed by atoms with Crippen LogP contribution in [0, 0.1) is 13.8 Å². The molecule has 0 fully saturated rings. The number of rotatable bonds is 19.